The average Bonchev–Trinajstić information content (AvgIpc) is 3.33. The first-order valence-electron chi connectivity index (χ1n) is 20.2. The fraction of sp³-hybridized carbons (Fsp3) is 0. The SMILES string of the molecule is O.O.O.O.O=S(=O)([O-])c1cc2c(O)c(c1)Sc1cc(S(=O)(=O)[O-])cc(c1O)Sc1cc(S(=O)(=O)[O-])cc(c1O)Sc1cc(S(=O)(=O)[O-])cc(c1O)S2.[Ba+2].[Ba+2].[O-][n+]1ccc(-c2cc[n+]([O-])cc2)cc1.[O-][n+]1ccc(-c2cc[n+]([O-])cc2)cc1.[OH-].[OH-].[OH-].[OH-].[OH-].[OH-]. The summed E-state index contributed by atoms with van der Waals surface area (Å²) in [5.74, 6) is -3.42. The predicted octanol–water partition coefficient (Wildman–Crippen LogP) is -0.837. The van der Waals surface area contributed by atoms with Crippen LogP contribution in [0.15, 0.2) is 205 Å². The molecule has 5 heterocycles. The van der Waals surface area contributed by atoms with E-state index < -0.39 is 122 Å². The molecule has 0 saturated carbocycles. The maximum absolute atomic E-state index is 12.0. The molecule has 476 valence electrons. The topological polar surface area (TPSA) is 723 Å². The van der Waals surface area contributed by atoms with E-state index in [0.717, 1.165) is 41.2 Å². The number of pyridine rings is 4. The second kappa shape index (κ2) is 38.5. The van der Waals surface area contributed by atoms with Gasteiger partial charge in [-0.1, -0.05) is 47.0 Å². The summed E-state index contributed by atoms with van der Waals surface area (Å²) in [5.41, 5.74) is 3.66. The summed E-state index contributed by atoms with van der Waals surface area (Å²) in [5, 5.41) is 87.5. The molecule has 18 N–H and O–H groups in total. The summed E-state index contributed by atoms with van der Waals surface area (Å²) in [4.78, 5) is -8.44. The molecule has 0 fully saturated rings. The summed E-state index contributed by atoms with van der Waals surface area (Å²) in [7, 11) is -21.3. The summed E-state index contributed by atoms with van der Waals surface area (Å²) < 4.78 is 147. The fourth-order valence-corrected chi connectivity index (χ4v) is 13.4. The van der Waals surface area contributed by atoms with Gasteiger partial charge < -0.3 is 114 Å². The van der Waals surface area contributed by atoms with Gasteiger partial charge in [0.25, 0.3) is 0 Å². The van der Waals surface area contributed by atoms with Gasteiger partial charge in [0.05, 0.1) is 58.7 Å². The molecule has 1 aliphatic rings. The number of fused-ring (bicyclic) bond motifs is 8. The molecule has 1 aliphatic heterocycles. The van der Waals surface area contributed by atoms with E-state index in [0.29, 0.717) is 48.5 Å². The molecule has 4 aromatic heterocycles. The number of hydrogen-bond donors (Lipinski definition) is 4. The van der Waals surface area contributed by atoms with Gasteiger partial charge in [0.1, 0.15) is 63.5 Å². The summed E-state index contributed by atoms with van der Waals surface area (Å²) in [6.45, 7) is 0. The van der Waals surface area contributed by atoms with Crippen molar-refractivity contribution in [3.05, 3.63) is 167 Å². The standard InChI is InChI=1S/C24H16O16S8.2C10H8N2O2.2Ba.10H2O/c25-21-13-1-9(45(29,30)31)2-14(21)42-17-5-11(47(35,36)37)6-18(23(17)27)44-20-8-12(48(38,39)40)7-19(24(20)28)43-16-4-10(46(32,33)34)3-15(41-13)22(16)26;2*13-11-5-1-9(2-6-11)10-3-7-12(14)8-4-10;;;;;;;;;;;;/h1-8,25-28H,(H,29,30,31)(H,32,33,34)(H,35,36,37)(H,38,39,40);2*1-8H;;;10*1H2/q;;;2*+2;;;;;;;;;;/p-10. The number of nitrogens with zero attached hydrogens (tertiary/aromatic N) is 4. The number of rotatable bonds is 6. The predicted molar refractivity (Wildman–Crippen MR) is 298 cm³/mol. The van der Waals surface area contributed by atoms with Crippen LogP contribution >= 0.6 is 47.0 Å². The molecule has 0 amide bonds. The van der Waals surface area contributed by atoms with Gasteiger partial charge in [-0.25, -0.2) is 33.7 Å². The Bertz CT molecular complexity index is 3420. The quantitative estimate of drug-likeness (QED) is 0.0682. The van der Waals surface area contributed by atoms with E-state index in [1.165, 1.54) is 49.6 Å². The maximum Gasteiger partial charge on any atom is 2.00 e. The minimum atomic E-state index is -5.32. The van der Waals surface area contributed by atoms with Crippen molar-refractivity contribution in [3.63, 3.8) is 0 Å². The molecule has 8 bridgehead atoms. The van der Waals surface area contributed by atoms with Crippen molar-refractivity contribution in [3.8, 4) is 45.3 Å². The van der Waals surface area contributed by atoms with Crippen LogP contribution in [0.3, 0.4) is 0 Å². The van der Waals surface area contributed by atoms with Gasteiger partial charge in [-0.2, -0.15) is 18.9 Å². The minimum absolute atomic E-state index is 0. The van der Waals surface area contributed by atoms with Crippen LogP contribution in [0.5, 0.6) is 23.0 Å². The van der Waals surface area contributed by atoms with Crippen molar-refractivity contribution >= 4 is 185 Å². The first-order chi connectivity index (χ1) is 35.4. The van der Waals surface area contributed by atoms with E-state index in [1.807, 2.05) is 0 Å². The van der Waals surface area contributed by atoms with E-state index in [1.54, 1.807) is 48.5 Å². The van der Waals surface area contributed by atoms with E-state index in [-0.39, 0.29) is 200 Å². The van der Waals surface area contributed by atoms with Crippen LogP contribution in [-0.2, 0) is 40.5 Å². The van der Waals surface area contributed by atoms with E-state index in [9.17, 15) is 93.1 Å². The zero-order chi connectivity index (χ0) is 55.7. The molecule has 0 saturated heterocycles. The zero-order valence-electron chi connectivity index (χ0n) is 43.3. The van der Waals surface area contributed by atoms with Crippen molar-refractivity contribution < 1.29 is 146 Å². The Labute approximate surface area is 595 Å². The first kappa shape index (κ1) is 94.8. The van der Waals surface area contributed by atoms with Crippen molar-refractivity contribution in [1.29, 1.82) is 0 Å². The Morgan fingerprint density at radius 2 is 0.398 bits per heavy atom. The molecule has 4 aromatic carbocycles. The third-order valence-electron chi connectivity index (χ3n) is 9.96. The van der Waals surface area contributed by atoms with Crippen LogP contribution in [0.2, 0.25) is 0 Å². The molecule has 9 rings (SSSR count). The van der Waals surface area contributed by atoms with Crippen LogP contribution in [0.4, 0.5) is 0 Å². The fourth-order valence-electron chi connectivity index (χ4n) is 6.33. The van der Waals surface area contributed by atoms with Gasteiger partial charge in [0, 0.05) is 48.5 Å². The van der Waals surface area contributed by atoms with Crippen molar-refractivity contribution in [2.75, 3.05) is 0 Å². The third-order valence-corrected chi connectivity index (χ3v) is 17.5. The maximum atomic E-state index is 12.0. The van der Waals surface area contributed by atoms with E-state index in [4.69, 9.17) is 0 Å². The molecule has 0 aliphatic carbocycles. The Hall–Kier alpha value is -4.34. The zero-order valence-corrected chi connectivity index (χ0v) is 58.7. The molecule has 0 unspecified atom stereocenters. The van der Waals surface area contributed by atoms with Crippen molar-refractivity contribution in [1.82, 2.24) is 0 Å². The second-order valence-electron chi connectivity index (χ2n) is 15.1. The van der Waals surface area contributed by atoms with Gasteiger partial charge in [-0.05, 0) is 70.8 Å². The normalized spacial score (nSPS) is 10.9. The molecular formula is C44H42Ba2N4O30S8-6. The first-order valence-corrected chi connectivity index (χ1v) is 29.1. The molecule has 0 atom stereocenters. The average molecular weight is 1640 g/mol. The molecular weight excluding hydrogens is 1600 g/mol. The van der Waals surface area contributed by atoms with Crippen LogP contribution < -0.4 is 18.9 Å². The number of hydrogen-bond acceptors (Lipinski definition) is 30. The molecule has 0 spiro atoms. The van der Waals surface area contributed by atoms with Crippen LogP contribution in [-0.4, -0.2) is 225 Å². The summed E-state index contributed by atoms with van der Waals surface area (Å²) in [6, 6.07) is 18.7. The molecule has 88 heavy (non-hydrogen) atoms. The number of benzene rings is 4. The summed E-state index contributed by atoms with van der Waals surface area (Å²) in [6.07, 6.45) is 11.4. The van der Waals surface area contributed by atoms with Crippen LogP contribution in [0.25, 0.3) is 22.3 Å². The van der Waals surface area contributed by atoms with Gasteiger partial charge in [-0.3, -0.25) is 0 Å². The Balaban J connectivity index is -0.000000350. The largest absolute Gasteiger partial charge is 2.00 e. The van der Waals surface area contributed by atoms with Gasteiger partial charge in [-0.15, -0.1) is 0 Å². The van der Waals surface area contributed by atoms with Gasteiger partial charge in [0.2, 0.25) is 0 Å². The second-order valence-corrected chi connectivity index (χ2v) is 24.9. The number of phenolic OH excluding ortho intramolecular Hbond substituents is 4. The number of aromatic hydroxyl groups is 4. The molecule has 44 heteroatoms. The Kier molecular flexibility index (Phi) is 41.5. The Morgan fingerprint density at radius 3 is 0.500 bits per heavy atom. The van der Waals surface area contributed by atoms with E-state index in [2.05, 4.69) is 0 Å². The van der Waals surface area contributed by atoms with Crippen LogP contribution in [0.1, 0.15) is 0 Å². The molecule has 0 radical (unpaired) electrons. The molecule has 8 aromatic rings. The monoisotopic (exact) mass is 1640 g/mol. The van der Waals surface area contributed by atoms with Crippen LogP contribution in [0, 0.1) is 20.8 Å². The number of aromatic nitrogens is 4. The van der Waals surface area contributed by atoms with Crippen molar-refractivity contribution in [2.45, 2.75) is 58.7 Å². The van der Waals surface area contributed by atoms with Gasteiger partial charge in [0.15, 0.2) is 49.6 Å². The summed E-state index contributed by atoms with van der Waals surface area (Å²) >= 11 is 0.937. The number of phenols is 4. The Morgan fingerprint density at radius 1 is 0.284 bits per heavy atom. The molecule has 34 nitrogen and oxygen atoms in total. The van der Waals surface area contributed by atoms with E-state index >= 15 is 0 Å². The van der Waals surface area contributed by atoms with Gasteiger partial charge >= 0.3 is 97.8 Å². The minimum Gasteiger partial charge on any atom is -0.870 e. The smallest absolute Gasteiger partial charge is 0.870 e. The third kappa shape index (κ3) is 24.4. The van der Waals surface area contributed by atoms with Crippen molar-refractivity contribution in [2.24, 2.45) is 0 Å².